The Balaban J connectivity index is 1.46. The van der Waals surface area contributed by atoms with Gasteiger partial charge in [-0.3, -0.25) is 4.79 Å². The minimum Gasteiger partial charge on any atom is -0.301 e. The molecule has 0 bridgehead atoms. The molecule has 1 N–H and O–H groups in total. The molecule has 1 aliphatic rings. The smallest absolute Gasteiger partial charge is 0.226 e. The van der Waals surface area contributed by atoms with Crippen LogP contribution in [0.15, 0.2) is 24.3 Å². The second-order valence-corrected chi connectivity index (χ2v) is 7.89. The van der Waals surface area contributed by atoms with Gasteiger partial charge in [0.05, 0.1) is 0 Å². The number of aromatic nitrogens is 2. The third-order valence-corrected chi connectivity index (χ3v) is 5.58. The van der Waals surface area contributed by atoms with Crippen molar-refractivity contribution in [1.29, 1.82) is 0 Å². The second kappa shape index (κ2) is 8.58. The number of nitrogens with zero attached hydrogens (tertiary/aromatic N) is 2. The largest absolute Gasteiger partial charge is 0.301 e. The van der Waals surface area contributed by atoms with Crippen LogP contribution in [0.2, 0.25) is 5.02 Å². The van der Waals surface area contributed by atoms with Crippen LogP contribution in [0.1, 0.15) is 55.5 Å². The van der Waals surface area contributed by atoms with Crippen LogP contribution in [-0.2, 0) is 11.2 Å². The third-order valence-electron chi connectivity index (χ3n) is 4.49. The van der Waals surface area contributed by atoms with Crippen molar-refractivity contribution in [3.8, 4) is 0 Å². The van der Waals surface area contributed by atoms with Gasteiger partial charge in [0, 0.05) is 17.9 Å². The Kier molecular flexibility index (Phi) is 6.21. The van der Waals surface area contributed by atoms with Gasteiger partial charge in [0.15, 0.2) is 0 Å². The molecule has 1 aromatic heterocycles. The fraction of sp³-hybridized carbons (Fsp3) is 0.500. The maximum atomic E-state index is 12.1. The first kappa shape index (κ1) is 17.4. The quantitative estimate of drug-likeness (QED) is 0.778. The summed E-state index contributed by atoms with van der Waals surface area (Å²) in [6, 6.07) is 7.69. The van der Waals surface area contributed by atoms with E-state index in [0.717, 1.165) is 27.9 Å². The molecule has 1 amide bonds. The zero-order chi connectivity index (χ0) is 16.8. The first-order valence-electron chi connectivity index (χ1n) is 8.56. The first-order chi connectivity index (χ1) is 11.7. The molecule has 6 heteroatoms. The zero-order valence-corrected chi connectivity index (χ0v) is 15.2. The van der Waals surface area contributed by atoms with Gasteiger partial charge < -0.3 is 5.32 Å². The molecule has 1 aliphatic carbocycles. The Morgan fingerprint density at radius 2 is 1.92 bits per heavy atom. The third kappa shape index (κ3) is 5.28. The van der Waals surface area contributed by atoms with E-state index in [0.29, 0.717) is 18.0 Å². The lowest BCUT2D eigenvalue weighted by Gasteiger charge is -2.20. The van der Waals surface area contributed by atoms with Crippen LogP contribution in [0, 0.1) is 5.92 Å². The van der Waals surface area contributed by atoms with Crippen molar-refractivity contribution >= 4 is 34.0 Å². The summed E-state index contributed by atoms with van der Waals surface area (Å²) in [5.41, 5.74) is 1.13. The topological polar surface area (TPSA) is 54.9 Å². The fourth-order valence-corrected chi connectivity index (χ4v) is 4.06. The highest BCUT2D eigenvalue weighted by molar-refractivity contribution is 7.15. The van der Waals surface area contributed by atoms with Crippen molar-refractivity contribution in [1.82, 2.24) is 10.2 Å². The molecular weight excluding hydrogens is 342 g/mol. The van der Waals surface area contributed by atoms with Crippen molar-refractivity contribution in [2.24, 2.45) is 5.92 Å². The van der Waals surface area contributed by atoms with Gasteiger partial charge in [-0.25, -0.2) is 0 Å². The van der Waals surface area contributed by atoms with Crippen molar-refractivity contribution in [2.75, 3.05) is 5.32 Å². The number of anilines is 1. The molecule has 0 atom stereocenters. The highest BCUT2D eigenvalue weighted by atomic mass is 35.5. The molecule has 0 spiro atoms. The minimum atomic E-state index is 0.0507. The molecule has 4 nitrogen and oxygen atoms in total. The predicted octanol–water partition coefficient (Wildman–Crippen LogP) is 5.08. The fourth-order valence-electron chi connectivity index (χ4n) is 3.15. The Labute approximate surface area is 151 Å². The summed E-state index contributed by atoms with van der Waals surface area (Å²) in [5.74, 6) is 0.772. The van der Waals surface area contributed by atoms with E-state index in [1.165, 1.54) is 43.4 Å². The van der Waals surface area contributed by atoms with E-state index in [2.05, 4.69) is 15.5 Å². The Hall–Kier alpha value is -1.46. The second-order valence-electron chi connectivity index (χ2n) is 6.40. The molecule has 1 aromatic carbocycles. The summed E-state index contributed by atoms with van der Waals surface area (Å²) in [7, 11) is 0. The summed E-state index contributed by atoms with van der Waals surface area (Å²) >= 11 is 7.32. The molecule has 2 aromatic rings. The van der Waals surface area contributed by atoms with Crippen molar-refractivity contribution in [3.05, 3.63) is 39.9 Å². The molecule has 1 fully saturated rings. The van der Waals surface area contributed by atoms with E-state index < -0.39 is 0 Å². The van der Waals surface area contributed by atoms with Crippen LogP contribution in [0.3, 0.4) is 0 Å². The van der Waals surface area contributed by atoms with E-state index in [-0.39, 0.29) is 5.91 Å². The molecule has 0 unspecified atom stereocenters. The standard InChI is InChI=1S/C18H22ClN3OS/c19-15-9-6-14(7-10-15)12-17-21-22-18(24-17)20-16(23)11-8-13-4-2-1-3-5-13/h6-7,9-10,13H,1-5,8,11-12H2,(H,20,22,23). The van der Waals surface area contributed by atoms with Gasteiger partial charge in [-0.1, -0.05) is 67.2 Å². The number of halogens is 1. The maximum Gasteiger partial charge on any atom is 0.226 e. The molecule has 24 heavy (non-hydrogen) atoms. The van der Waals surface area contributed by atoms with Gasteiger partial charge in [0.2, 0.25) is 11.0 Å². The van der Waals surface area contributed by atoms with E-state index in [1.54, 1.807) is 0 Å². The lowest BCUT2D eigenvalue weighted by atomic mass is 9.86. The molecule has 128 valence electrons. The lowest BCUT2D eigenvalue weighted by molar-refractivity contribution is -0.116. The van der Waals surface area contributed by atoms with Crippen LogP contribution in [-0.4, -0.2) is 16.1 Å². The van der Waals surface area contributed by atoms with Gasteiger partial charge >= 0.3 is 0 Å². The van der Waals surface area contributed by atoms with Crippen LogP contribution < -0.4 is 5.32 Å². The van der Waals surface area contributed by atoms with E-state index in [1.807, 2.05) is 24.3 Å². The molecule has 0 aliphatic heterocycles. The predicted molar refractivity (Wildman–Crippen MR) is 98.6 cm³/mol. The molecular formula is C18H22ClN3OS. The molecule has 3 rings (SSSR count). The summed E-state index contributed by atoms with van der Waals surface area (Å²) in [4.78, 5) is 12.1. The Morgan fingerprint density at radius 3 is 2.67 bits per heavy atom. The van der Waals surface area contributed by atoms with Gasteiger partial charge in [0.1, 0.15) is 5.01 Å². The van der Waals surface area contributed by atoms with Gasteiger partial charge in [0.25, 0.3) is 0 Å². The Morgan fingerprint density at radius 1 is 1.17 bits per heavy atom. The van der Waals surface area contributed by atoms with E-state index in [4.69, 9.17) is 11.6 Å². The number of carbonyl (C=O) groups excluding carboxylic acids is 1. The average molecular weight is 364 g/mol. The van der Waals surface area contributed by atoms with Crippen LogP contribution in [0.5, 0.6) is 0 Å². The SMILES string of the molecule is O=C(CCC1CCCCC1)Nc1nnc(Cc2ccc(Cl)cc2)s1. The summed E-state index contributed by atoms with van der Waals surface area (Å²) in [6.07, 6.45) is 8.80. The normalized spacial score (nSPS) is 15.4. The van der Waals surface area contributed by atoms with E-state index in [9.17, 15) is 4.79 Å². The average Bonchev–Trinajstić information content (AvgIpc) is 3.03. The van der Waals surface area contributed by atoms with Gasteiger partial charge in [-0.05, 0) is 30.0 Å². The monoisotopic (exact) mass is 363 g/mol. The molecule has 1 heterocycles. The highest BCUT2D eigenvalue weighted by Gasteiger charge is 2.15. The molecule has 1 saturated carbocycles. The van der Waals surface area contributed by atoms with E-state index >= 15 is 0 Å². The summed E-state index contributed by atoms with van der Waals surface area (Å²) < 4.78 is 0. The Bertz CT molecular complexity index is 665. The number of nitrogens with one attached hydrogen (secondary N) is 1. The first-order valence-corrected chi connectivity index (χ1v) is 9.75. The number of benzene rings is 1. The summed E-state index contributed by atoms with van der Waals surface area (Å²) in [5, 5.41) is 13.3. The number of amides is 1. The van der Waals surface area contributed by atoms with Gasteiger partial charge in [-0.2, -0.15) is 0 Å². The zero-order valence-electron chi connectivity index (χ0n) is 13.6. The number of rotatable bonds is 6. The summed E-state index contributed by atoms with van der Waals surface area (Å²) in [6.45, 7) is 0. The molecule has 0 saturated heterocycles. The molecule has 0 radical (unpaired) electrons. The number of hydrogen-bond acceptors (Lipinski definition) is 4. The van der Waals surface area contributed by atoms with Crippen molar-refractivity contribution in [3.63, 3.8) is 0 Å². The van der Waals surface area contributed by atoms with Crippen molar-refractivity contribution in [2.45, 2.75) is 51.4 Å². The van der Waals surface area contributed by atoms with Crippen LogP contribution >= 0.6 is 22.9 Å². The highest BCUT2D eigenvalue weighted by Crippen LogP contribution is 2.27. The van der Waals surface area contributed by atoms with Crippen LogP contribution in [0.4, 0.5) is 5.13 Å². The van der Waals surface area contributed by atoms with Crippen molar-refractivity contribution < 1.29 is 4.79 Å². The van der Waals surface area contributed by atoms with Crippen LogP contribution in [0.25, 0.3) is 0 Å². The number of hydrogen-bond donors (Lipinski definition) is 1. The minimum absolute atomic E-state index is 0.0507. The lowest BCUT2D eigenvalue weighted by Crippen LogP contribution is -2.14. The maximum absolute atomic E-state index is 12.1. The number of carbonyl (C=O) groups is 1. The van der Waals surface area contributed by atoms with Gasteiger partial charge in [-0.15, -0.1) is 10.2 Å².